The zero-order valence-electron chi connectivity index (χ0n) is 16.4. The summed E-state index contributed by atoms with van der Waals surface area (Å²) in [6.45, 7) is 4.14. The minimum Gasteiger partial charge on any atom is -0.441 e. The van der Waals surface area contributed by atoms with Gasteiger partial charge in [0.15, 0.2) is 0 Å². The Hall–Kier alpha value is -3.13. The Bertz CT molecular complexity index is 1190. The number of aromatic nitrogens is 1. The minimum absolute atomic E-state index is 0.262. The molecular weight excluding hydrogens is 390 g/mol. The second kappa shape index (κ2) is 7.04. The number of nitrogens with zero attached hydrogens (tertiary/aromatic N) is 2. The lowest BCUT2D eigenvalue weighted by molar-refractivity contribution is 0.102. The zero-order valence-corrected chi connectivity index (χ0v) is 17.2. The van der Waals surface area contributed by atoms with Gasteiger partial charge in [-0.25, -0.2) is 13.4 Å². The predicted molar refractivity (Wildman–Crippen MR) is 112 cm³/mol. The van der Waals surface area contributed by atoms with E-state index in [4.69, 9.17) is 4.42 Å². The number of carbonyl (C=O) groups excluding carboxylic acids is 1. The molecule has 1 amide bonds. The van der Waals surface area contributed by atoms with E-state index in [-0.39, 0.29) is 5.91 Å². The second-order valence-electron chi connectivity index (χ2n) is 7.12. The zero-order chi connectivity index (χ0) is 20.8. The number of aryl methyl sites for hydroxylation is 2. The highest BCUT2D eigenvalue weighted by Gasteiger charge is 2.26. The summed E-state index contributed by atoms with van der Waals surface area (Å²) in [6, 6.07) is 12.4. The van der Waals surface area contributed by atoms with Crippen LogP contribution in [0.15, 0.2) is 46.9 Å². The van der Waals surface area contributed by atoms with Gasteiger partial charge >= 0.3 is 0 Å². The van der Waals surface area contributed by atoms with Crippen LogP contribution in [0.4, 0.5) is 11.4 Å². The van der Waals surface area contributed by atoms with Crippen LogP contribution in [0, 0.1) is 13.8 Å². The van der Waals surface area contributed by atoms with Crippen molar-refractivity contribution in [1.29, 1.82) is 0 Å². The number of benzene rings is 2. The van der Waals surface area contributed by atoms with Crippen molar-refractivity contribution in [3.63, 3.8) is 0 Å². The van der Waals surface area contributed by atoms with Gasteiger partial charge in [0.05, 0.1) is 17.6 Å². The van der Waals surface area contributed by atoms with E-state index in [2.05, 4.69) is 10.3 Å². The Morgan fingerprint density at radius 1 is 1.17 bits per heavy atom. The number of nitrogens with one attached hydrogen (secondary N) is 1. The fourth-order valence-corrected chi connectivity index (χ4v) is 4.35. The molecule has 1 N–H and O–H groups in total. The molecule has 8 heteroatoms. The Kier molecular flexibility index (Phi) is 4.66. The van der Waals surface area contributed by atoms with E-state index < -0.39 is 10.0 Å². The van der Waals surface area contributed by atoms with Crippen molar-refractivity contribution in [3.05, 3.63) is 65.0 Å². The molecule has 0 radical (unpaired) electrons. The van der Waals surface area contributed by atoms with Crippen LogP contribution >= 0.6 is 0 Å². The Labute approximate surface area is 169 Å². The fraction of sp³-hybridized carbons (Fsp3) is 0.238. The van der Waals surface area contributed by atoms with Crippen molar-refractivity contribution >= 4 is 27.3 Å². The summed E-state index contributed by atoms with van der Waals surface area (Å²) in [5, 5.41) is 2.88. The molecule has 3 aromatic rings. The van der Waals surface area contributed by atoms with Crippen molar-refractivity contribution in [3.8, 4) is 11.5 Å². The van der Waals surface area contributed by atoms with Gasteiger partial charge in [0, 0.05) is 23.4 Å². The molecule has 1 aliphatic rings. The van der Waals surface area contributed by atoms with E-state index in [9.17, 15) is 13.2 Å². The van der Waals surface area contributed by atoms with Crippen LogP contribution in [0.2, 0.25) is 0 Å². The maximum Gasteiger partial charge on any atom is 0.255 e. The molecule has 4 rings (SSSR count). The number of hydrogen-bond acceptors (Lipinski definition) is 5. The van der Waals surface area contributed by atoms with E-state index in [0.29, 0.717) is 35.8 Å². The van der Waals surface area contributed by atoms with Crippen molar-refractivity contribution in [2.75, 3.05) is 22.4 Å². The Balaban J connectivity index is 1.55. The second-order valence-corrected chi connectivity index (χ2v) is 9.03. The molecule has 0 saturated carbocycles. The van der Waals surface area contributed by atoms with Gasteiger partial charge in [-0.05, 0) is 62.2 Å². The summed E-state index contributed by atoms with van der Waals surface area (Å²) in [5.74, 6) is 1.01. The summed E-state index contributed by atoms with van der Waals surface area (Å²) in [5.41, 5.74) is 4.20. The molecule has 0 fully saturated rings. The molecule has 0 spiro atoms. The van der Waals surface area contributed by atoms with E-state index >= 15 is 0 Å². The van der Waals surface area contributed by atoms with Crippen molar-refractivity contribution in [2.45, 2.75) is 20.3 Å². The van der Waals surface area contributed by atoms with Crippen LogP contribution < -0.4 is 9.62 Å². The van der Waals surface area contributed by atoms with Crippen LogP contribution in [0.1, 0.15) is 27.4 Å². The number of carbonyl (C=O) groups is 1. The summed E-state index contributed by atoms with van der Waals surface area (Å²) in [6.07, 6.45) is 1.77. The first-order chi connectivity index (χ1) is 13.7. The van der Waals surface area contributed by atoms with E-state index in [1.54, 1.807) is 30.3 Å². The predicted octanol–water partition coefficient (Wildman–Crippen LogP) is 3.53. The fourth-order valence-electron chi connectivity index (χ4n) is 3.39. The third-order valence-electron chi connectivity index (χ3n) is 4.99. The molecule has 2 aromatic carbocycles. The maximum absolute atomic E-state index is 12.7. The number of oxazole rings is 1. The normalized spacial score (nSPS) is 13.4. The van der Waals surface area contributed by atoms with Gasteiger partial charge in [0.1, 0.15) is 5.76 Å². The number of rotatable bonds is 4. The van der Waals surface area contributed by atoms with Gasteiger partial charge in [0.2, 0.25) is 15.9 Å². The lowest BCUT2D eigenvalue weighted by Gasteiger charge is -2.16. The number of hydrogen-bond donors (Lipinski definition) is 1. The molecule has 1 aromatic heterocycles. The van der Waals surface area contributed by atoms with Gasteiger partial charge < -0.3 is 9.73 Å². The van der Waals surface area contributed by atoms with Gasteiger partial charge in [-0.3, -0.25) is 9.10 Å². The van der Waals surface area contributed by atoms with Crippen LogP contribution in [0.5, 0.6) is 0 Å². The van der Waals surface area contributed by atoms with E-state index in [0.717, 1.165) is 22.6 Å². The topological polar surface area (TPSA) is 92.5 Å². The van der Waals surface area contributed by atoms with Gasteiger partial charge in [-0.15, -0.1) is 0 Å². The molecule has 0 unspecified atom stereocenters. The van der Waals surface area contributed by atoms with Crippen molar-refractivity contribution in [1.82, 2.24) is 4.98 Å². The Morgan fingerprint density at radius 2 is 1.97 bits per heavy atom. The van der Waals surface area contributed by atoms with Crippen LogP contribution in [0.25, 0.3) is 11.5 Å². The molecule has 0 saturated heterocycles. The van der Waals surface area contributed by atoms with E-state index in [1.807, 2.05) is 26.0 Å². The third-order valence-corrected chi connectivity index (χ3v) is 6.17. The molecule has 0 atom stereocenters. The first kappa shape index (κ1) is 19.2. The first-order valence-electron chi connectivity index (χ1n) is 9.19. The molecule has 0 aliphatic carbocycles. The lowest BCUT2D eigenvalue weighted by atomic mass is 10.1. The highest BCUT2D eigenvalue weighted by Crippen LogP contribution is 2.31. The molecule has 2 heterocycles. The Morgan fingerprint density at radius 3 is 2.66 bits per heavy atom. The van der Waals surface area contributed by atoms with Crippen LogP contribution in [0.3, 0.4) is 0 Å². The van der Waals surface area contributed by atoms with Crippen molar-refractivity contribution < 1.29 is 17.6 Å². The summed E-state index contributed by atoms with van der Waals surface area (Å²) in [7, 11) is -3.31. The highest BCUT2D eigenvalue weighted by molar-refractivity contribution is 7.92. The highest BCUT2D eigenvalue weighted by atomic mass is 32.2. The maximum atomic E-state index is 12.7. The molecule has 0 bridgehead atoms. The van der Waals surface area contributed by atoms with Gasteiger partial charge in [-0.2, -0.15) is 0 Å². The quantitative estimate of drug-likeness (QED) is 0.709. The van der Waals surface area contributed by atoms with Crippen LogP contribution in [-0.4, -0.2) is 32.1 Å². The summed E-state index contributed by atoms with van der Waals surface area (Å²) >= 11 is 0. The monoisotopic (exact) mass is 411 g/mol. The van der Waals surface area contributed by atoms with E-state index in [1.165, 1.54) is 10.6 Å². The molecule has 7 nitrogen and oxygen atoms in total. The number of fused-ring (bicyclic) bond motifs is 1. The van der Waals surface area contributed by atoms with Crippen LogP contribution in [-0.2, 0) is 16.4 Å². The van der Waals surface area contributed by atoms with Crippen molar-refractivity contribution in [2.24, 2.45) is 0 Å². The smallest absolute Gasteiger partial charge is 0.255 e. The average molecular weight is 411 g/mol. The van der Waals surface area contributed by atoms with Gasteiger partial charge in [-0.1, -0.05) is 6.07 Å². The molecule has 29 heavy (non-hydrogen) atoms. The largest absolute Gasteiger partial charge is 0.441 e. The number of amides is 1. The molecule has 150 valence electrons. The minimum atomic E-state index is -3.31. The first-order valence-corrected chi connectivity index (χ1v) is 11.0. The molecular formula is C21H21N3O4S. The molecule has 1 aliphatic heterocycles. The number of sulfonamides is 1. The summed E-state index contributed by atoms with van der Waals surface area (Å²) in [4.78, 5) is 17.1. The number of anilines is 2. The standard InChI is InChI=1S/C21H21N3O4S/c1-13-14(2)28-21(22-13)17-5-4-6-18(12-17)23-20(25)16-7-8-19-15(11-16)9-10-24(19)29(3,26)27/h4-8,11-12H,9-10H2,1-3H3,(H,23,25). The average Bonchev–Trinajstić information content (AvgIpc) is 3.24. The third kappa shape index (κ3) is 3.75. The summed E-state index contributed by atoms with van der Waals surface area (Å²) < 4.78 is 30.7. The lowest BCUT2D eigenvalue weighted by Crippen LogP contribution is -2.27. The van der Waals surface area contributed by atoms with Gasteiger partial charge in [0.25, 0.3) is 5.91 Å². The SMILES string of the molecule is Cc1nc(-c2cccc(NC(=O)c3ccc4c(c3)CCN4S(C)(=O)=O)c2)oc1C.